The second-order valence-corrected chi connectivity index (χ2v) is 6.40. The number of hydrogen-bond donors (Lipinski definition) is 2. The van der Waals surface area contributed by atoms with Crippen LogP contribution in [0.4, 0.5) is 0 Å². The van der Waals surface area contributed by atoms with Gasteiger partial charge in [0.2, 0.25) is 0 Å². The minimum absolute atomic E-state index is 0. The SMILES string of the molecule is Cl.Cl.N=S1(=O)CCCC2(CCCN2)C1. The maximum atomic E-state index is 11.6. The van der Waals surface area contributed by atoms with Crippen molar-refractivity contribution in [3.63, 3.8) is 0 Å². The van der Waals surface area contributed by atoms with Crippen molar-refractivity contribution in [2.75, 3.05) is 18.1 Å². The molecule has 0 aromatic heterocycles. The van der Waals surface area contributed by atoms with Crippen LogP contribution < -0.4 is 5.32 Å². The molecule has 0 radical (unpaired) electrons. The highest BCUT2D eigenvalue weighted by Crippen LogP contribution is 2.30. The van der Waals surface area contributed by atoms with Gasteiger partial charge < -0.3 is 5.32 Å². The van der Waals surface area contributed by atoms with Gasteiger partial charge in [0.25, 0.3) is 0 Å². The highest BCUT2D eigenvalue weighted by Gasteiger charge is 2.38. The molecular formula is C8H18Cl2N2OS. The van der Waals surface area contributed by atoms with Crippen LogP contribution in [-0.2, 0) is 9.73 Å². The molecule has 2 heterocycles. The second kappa shape index (κ2) is 5.01. The third-order valence-corrected chi connectivity index (χ3v) is 4.94. The molecule has 0 aromatic rings. The molecule has 3 nitrogen and oxygen atoms in total. The summed E-state index contributed by atoms with van der Waals surface area (Å²) in [5.41, 5.74) is 0.0943. The van der Waals surface area contributed by atoms with E-state index in [2.05, 4.69) is 5.32 Å². The minimum Gasteiger partial charge on any atom is -0.310 e. The molecule has 2 atom stereocenters. The van der Waals surface area contributed by atoms with Crippen molar-refractivity contribution in [1.29, 1.82) is 4.78 Å². The minimum atomic E-state index is -2.24. The molecule has 0 amide bonds. The molecule has 1 spiro atoms. The van der Waals surface area contributed by atoms with Gasteiger partial charge in [0.1, 0.15) is 0 Å². The lowest BCUT2D eigenvalue weighted by Gasteiger charge is -2.34. The zero-order chi connectivity index (χ0) is 8.66. The van der Waals surface area contributed by atoms with Crippen LogP contribution in [0.1, 0.15) is 25.7 Å². The average molecular weight is 261 g/mol. The topological polar surface area (TPSA) is 53.0 Å². The quantitative estimate of drug-likeness (QED) is 0.698. The summed E-state index contributed by atoms with van der Waals surface area (Å²) in [6.07, 6.45) is 4.41. The van der Waals surface area contributed by atoms with Gasteiger partial charge in [-0.25, -0.2) is 4.21 Å². The zero-order valence-electron chi connectivity index (χ0n) is 8.08. The van der Waals surface area contributed by atoms with Crippen LogP contribution in [0.25, 0.3) is 0 Å². The highest BCUT2D eigenvalue weighted by atomic mass is 35.5. The molecule has 2 aliphatic rings. The van der Waals surface area contributed by atoms with Crippen LogP contribution in [0.2, 0.25) is 0 Å². The molecular weight excluding hydrogens is 243 g/mol. The fourth-order valence-electron chi connectivity index (χ4n) is 2.44. The molecule has 0 aromatic carbocycles. The van der Waals surface area contributed by atoms with Crippen LogP contribution >= 0.6 is 24.8 Å². The number of hydrogen-bond acceptors (Lipinski definition) is 3. The van der Waals surface area contributed by atoms with E-state index in [9.17, 15) is 4.21 Å². The molecule has 0 bridgehead atoms. The number of nitrogens with one attached hydrogen (secondary N) is 2. The molecule has 14 heavy (non-hydrogen) atoms. The van der Waals surface area contributed by atoms with Gasteiger partial charge in [0.05, 0.1) is 0 Å². The molecule has 2 unspecified atom stereocenters. The first-order chi connectivity index (χ1) is 5.62. The molecule has 2 saturated heterocycles. The van der Waals surface area contributed by atoms with E-state index in [-0.39, 0.29) is 30.4 Å². The van der Waals surface area contributed by atoms with Gasteiger partial charge in [-0.2, -0.15) is 0 Å². The summed E-state index contributed by atoms with van der Waals surface area (Å²) in [5, 5.41) is 3.43. The van der Waals surface area contributed by atoms with Crippen molar-refractivity contribution < 1.29 is 4.21 Å². The first-order valence-corrected chi connectivity index (χ1v) is 6.51. The summed E-state index contributed by atoms with van der Waals surface area (Å²) in [5.74, 6) is 1.22. The molecule has 2 aliphatic heterocycles. The Bertz CT molecular complexity index is 273. The Hall–Kier alpha value is 0.490. The van der Waals surface area contributed by atoms with E-state index in [1.165, 1.54) is 6.42 Å². The first-order valence-electron chi connectivity index (χ1n) is 4.61. The van der Waals surface area contributed by atoms with E-state index in [1.54, 1.807) is 0 Å². The van der Waals surface area contributed by atoms with Crippen molar-refractivity contribution in [2.45, 2.75) is 31.2 Å². The second-order valence-electron chi connectivity index (χ2n) is 4.07. The first kappa shape index (κ1) is 14.5. The molecule has 0 aliphatic carbocycles. The maximum Gasteiger partial charge on any atom is 0.0498 e. The maximum absolute atomic E-state index is 11.6. The van der Waals surface area contributed by atoms with E-state index in [0.717, 1.165) is 25.8 Å². The van der Waals surface area contributed by atoms with Gasteiger partial charge in [-0.3, -0.25) is 4.78 Å². The highest BCUT2D eigenvalue weighted by molar-refractivity contribution is 7.92. The summed E-state index contributed by atoms with van der Waals surface area (Å²) in [4.78, 5) is 0. The van der Waals surface area contributed by atoms with Crippen LogP contribution in [0, 0.1) is 4.78 Å². The molecule has 2 rings (SSSR count). The largest absolute Gasteiger partial charge is 0.310 e. The lowest BCUT2D eigenvalue weighted by atomic mass is 9.94. The normalized spacial score (nSPS) is 41.4. The fraction of sp³-hybridized carbons (Fsp3) is 1.00. The fourth-order valence-corrected chi connectivity index (χ4v) is 4.48. The monoisotopic (exact) mass is 260 g/mol. The third-order valence-electron chi connectivity index (χ3n) is 2.97. The summed E-state index contributed by atoms with van der Waals surface area (Å²) >= 11 is 0. The van der Waals surface area contributed by atoms with Crippen molar-refractivity contribution in [3.8, 4) is 0 Å². The van der Waals surface area contributed by atoms with Gasteiger partial charge in [-0.15, -0.1) is 24.8 Å². The molecule has 6 heteroatoms. The summed E-state index contributed by atoms with van der Waals surface area (Å²) in [6, 6.07) is 0. The van der Waals surface area contributed by atoms with Gasteiger partial charge in [-0.1, -0.05) is 0 Å². The van der Waals surface area contributed by atoms with Gasteiger partial charge in [0, 0.05) is 26.8 Å². The smallest absolute Gasteiger partial charge is 0.0498 e. The molecule has 2 N–H and O–H groups in total. The van der Waals surface area contributed by atoms with Gasteiger partial charge in [-0.05, 0) is 32.2 Å². The van der Waals surface area contributed by atoms with Crippen LogP contribution in [0.5, 0.6) is 0 Å². The number of rotatable bonds is 0. The summed E-state index contributed by atoms with van der Waals surface area (Å²) < 4.78 is 19.2. The molecule has 86 valence electrons. The van der Waals surface area contributed by atoms with Crippen LogP contribution in [-0.4, -0.2) is 27.8 Å². The summed E-state index contributed by atoms with van der Waals surface area (Å²) in [6.45, 7) is 1.05. The molecule has 0 saturated carbocycles. The van der Waals surface area contributed by atoms with E-state index in [1.807, 2.05) is 0 Å². The Morgan fingerprint density at radius 2 is 1.86 bits per heavy atom. The molecule has 2 fully saturated rings. The van der Waals surface area contributed by atoms with Crippen molar-refractivity contribution >= 4 is 34.5 Å². The van der Waals surface area contributed by atoms with Crippen molar-refractivity contribution in [3.05, 3.63) is 0 Å². The van der Waals surface area contributed by atoms with Gasteiger partial charge in [0.15, 0.2) is 0 Å². The standard InChI is InChI=1S/C8H16N2OS.2ClH/c9-12(11)6-2-4-8(7-12)3-1-5-10-8;;/h9-10H,1-7H2;2*1H. The Kier molecular flexibility index (Phi) is 5.19. The predicted molar refractivity (Wildman–Crippen MR) is 64.3 cm³/mol. The third kappa shape index (κ3) is 2.99. The van der Waals surface area contributed by atoms with Crippen molar-refractivity contribution in [2.24, 2.45) is 0 Å². The Balaban J connectivity index is 0.000000845. The zero-order valence-corrected chi connectivity index (χ0v) is 10.5. The van der Waals surface area contributed by atoms with Gasteiger partial charge >= 0.3 is 0 Å². The lowest BCUT2D eigenvalue weighted by molar-refractivity contribution is 0.373. The Morgan fingerprint density at radius 1 is 1.21 bits per heavy atom. The van der Waals surface area contributed by atoms with E-state index >= 15 is 0 Å². The van der Waals surface area contributed by atoms with E-state index < -0.39 is 9.73 Å². The average Bonchev–Trinajstić information content (AvgIpc) is 2.34. The van der Waals surface area contributed by atoms with Crippen molar-refractivity contribution in [1.82, 2.24) is 5.32 Å². The Morgan fingerprint density at radius 3 is 2.36 bits per heavy atom. The van der Waals surface area contributed by atoms with E-state index in [4.69, 9.17) is 4.78 Å². The number of halogens is 2. The lowest BCUT2D eigenvalue weighted by Crippen LogP contribution is -2.49. The Labute approximate surface area is 98.2 Å². The predicted octanol–water partition coefficient (Wildman–Crippen LogP) is 1.79. The summed E-state index contributed by atoms with van der Waals surface area (Å²) in [7, 11) is -2.24. The van der Waals surface area contributed by atoms with Crippen LogP contribution in [0.3, 0.4) is 0 Å². The van der Waals surface area contributed by atoms with E-state index in [0.29, 0.717) is 11.5 Å². The van der Waals surface area contributed by atoms with Crippen LogP contribution in [0.15, 0.2) is 0 Å².